The summed E-state index contributed by atoms with van der Waals surface area (Å²) in [4.78, 5) is 12.0. The summed E-state index contributed by atoms with van der Waals surface area (Å²) in [5.41, 5.74) is 0. The van der Waals surface area contributed by atoms with Crippen molar-refractivity contribution in [1.29, 1.82) is 0 Å². The predicted octanol–water partition coefficient (Wildman–Crippen LogP) is 2.33. The standard InChI is InChI=1S/C13H19NO4S2/c1-2-11-7-8-13(19-11)20(17,18)14(9-12(15)16)10-5-3-4-6-10/h7-8,10H,2-6,9H2,1H3,(H,15,16). The van der Waals surface area contributed by atoms with Crippen molar-refractivity contribution in [3.05, 3.63) is 17.0 Å². The lowest BCUT2D eigenvalue weighted by Gasteiger charge is -2.25. The number of sulfonamides is 1. The third kappa shape index (κ3) is 3.21. The highest BCUT2D eigenvalue weighted by atomic mass is 32.2. The second-order valence-corrected chi connectivity index (χ2v) is 8.24. The summed E-state index contributed by atoms with van der Waals surface area (Å²) in [5.74, 6) is -1.10. The van der Waals surface area contributed by atoms with Gasteiger partial charge in [0.15, 0.2) is 0 Å². The van der Waals surface area contributed by atoms with Crippen molar-refractivity contribution in [2.75, 3.05) is 6.54 Å². The number of thiophene rings is 1. The molecule has 112 valence electrons. The first-order chi connectivity index (χ1) is 9.45. The van der Waals surface area contributed by atoms with Crippen LogP contribution in [-0.2, 0) is 21.2 Å². The molecule has 1 aliphatic rings. The number of aliphatic carboxylic acids is 1. The maximum absolute atomic E-state index is 12.7. The van der Waals surface area contributed by atoms with E-state index in [0.717, 1.165) is 37.0 Å². The van der Waals surface area contributed by atoms with Crippen LogP contribution in [0.5, 0.6) is 0 Å². The van der Waals surface area contributed by atoms with E-state index < -0.39 is 22.5 Å². The molecule has 1 aliphatic carbocycles. The van der Waals surface area contributed by atoms with Crippen LogP contribution in [0.1, 0.15) is 37.5 Å². The molecule has 1 saturated carbocycles. The van der Waals surface area contributed by atoms with Crippen molar-refractivity contribution in [3.8, 4) is 0 Å². The molecule has 7 heteroatoms. The van der Waals surface area contributed by atoms with Gasteiger partial charge in [0.1, 0.15) is 10.8 Å². The van der Waals surface area contributed by atoms with Gasteiger partial charge in [0.2, 0.25) is 0 Å². The van der Waals surface area contributed by atoms with Crippen LogP contribution < -0.4 is 0 Å². The first-order valence-corrected chi connectivity index (χ1v) is 9.03. The summed E-state index contributed by atoms with van der Waals surface area (Å²) in [7, 11) is -3.70. The Balaban J connectivity index is 2.32. The monoisotopic (exact) mass is 317 g/mol. The number of carboxylic acids is 1. The van der Waals surface area contributed by atoms with Crippen LogP contribution in [0.4, 0.5) is 0 Å². The average Bonchev–Trinajstić information content (AvgIpc) is 3.06. The van der Waals surface area contributed by atoms with Crippen molar-refractivity contribution >= 4 is 27.3 Å². The smallest absolute Gasteiger partial charge is 0.318 e. The molecule has 0 amide bonds. The second-order valence-electron chi connectivity index (χ2n) is 4.96. The Kier molecular flexibility index (Phi) is 4.82. The van der Waals surface area contributed by atoms with E-state index >= 15 is 0 Å². The quantitative estimate of drug-likeness (QED) is 0.874. The van der Waals surface area contributed by atoms with E-state index in [1.165, 1.54) is 15.6 Å². The van der Waals surface area contributed by atoms with E-state index in [0.29, 0.717) is 0 Å². The fraction of sp³-hybridized carbons (Fsp3) is 0.615. The van der Waals surface area contributed by atoms with E-state index in [2.05, 4.69) is 0 Å². The molecule has 0 saturated heterocycles. The van der Waals surface area contributed by atoms with Gasteiger partial charge in [0.05, 0.1) is 0 Å². The summed E-state index contributed by atoms with van der Waals surface area (Å²) in [6.07, 6.45) is 4.20. The molecule has 0 aliphatic heterocycles. The number of rotatable bonds is 6. The Labute approximate surface area is 123 Å². The lowest BCUT2D eigenvalue weighted by Crippen LogP contribution is -2.41. The average molecular weight is 317 g/mol. The zero-order valence-electron chi connectivity index (χ0n) is 11.4. The molecule has 0 atom stereocenters. The van der Waals surface area contributed by atoms with Crippen LogP contribution in [0, 0.1) is 0 Å². The molecule has 1 aromatic heterocycles. The highest BCUT2D eigenvalue weighted by Crippen LogP contribution is 2.31. The fourth-order valence-electron chi connectivity index (χ4n) is 2.54. The third-order valence-electron chi connectivity index (χ3n) is 3.57. The molecule has 2 rings (SSSR count). The van der Waals surface area contributed by atoms with Gasteiger partial charge in [-0.15, -0.1) is 11.3 Å². The van der Waals surface area contributed by atoms with Crippen molar-refractivity contribution < 1.29 is 18.3 Å². The Bertz CT molecular complexity index is 573. The largest absolute Gasteiger partial charge is 0.480 e. The van der Waals surface area contributed by atoms with E-state index in [4.69, 9.17) is 5.11 Å². The zero-order chi connectivity index (χ0) is 14.8. The SMILES string of the molecule is CCc1ccc(S(=O)(=O)N(CC(=O)O)C2CCCC2)s1. The zero-order valence-corrected chi connectivity index (χ0v) is 13.0. The molecule has 0 aromatic carbocycles. The number of nitrogens with zero attached hydrogens (tertiary/aromatic N) is 1. The van der Waals surface area contributed by atoms with Crippen molar-refractivity contribution in [2.45, 2.75) is 49.3 Å². The van der Waals surface area contributed by atoms with Crippen LogP contribution >= 0.6 is 11.3 Å². The number of carboxylic acid groups (broad SMARTS) is 1. The van der Waals surface area contributed by atoms with Gasteiger partial charge in [-0.1, -0.05) is 19.8 Å². The number of hydrogen-bond donors (Lipinski definition) is 1. The molecule has 1 N–H and O–H groups in total. The minimum atomic E-state index is -3.70. The highest BCUT2D eigenvalue weighted by molar-refractivity contribution is 7.91. The van der Waals surface area contributed by atoms with E-state index in [1.807, 2.05) is 6.92 Å². The topological polar surface area (TPSA) is 74.7 Å². The van der Waals surface area contributed by atoms with Crippen LogP contribution in [0.15, 0.2) is 16.3 Å². The Morgan fingerprint density at radius 3 is 2.55 bits per heavy atom. The maximum Gasteiger partial charge on any atom is 0.318 e. The Morgan fingerprint density at radius 1 is 1.40 bits per heavy atom. The van der Waals surface area contributed by atoms with Gasteiger partial charge in [0, 0.05) is 10.9 Å². The summed E-state index contributed by atoms with van der Waals surface area (Å²) in [5, 5.41) is 9.00. The van der Waals surface area contributed by atoms with Crippen LogP contribution in [-0.4, -0.2) is 36.4 Å². The van der Waals surface area contributed by atoms with Gasteiger partial charge < -0.3 is 5.11 Å². The molecular weight excluding hydrogens is 298 g/mol. The number of aryl methyl sites for hydroxylation is 1. The molecule has 5 nitrogen and oxygen atoms in total. The van der Waals surface area contributed by atoms with Gasteiger partial charge in [-0.2, -0.15) is 4.31 Å². The summed E-state index contributed by atoms with van der Waals surface area (Å²) in [6.45, 7) is 1.51. The van der Waals surface area contributed by atoms with Gasteiger partial charge in [0.25, 0.3) is 10.0 Å². The number of hydrogen-bond acceptors (Lipinski definition) is 4. The van der Waals surface area contributed by atoms with Crippen molar-refractivity contribution in [1.82, 2.24) is 4.31 Å². The molecule has 0 unspecified atom stereocenters. The maximum atomic E-state index is 12.7. The van der Waals surface area contributed by atoms with Gasteiger partial charge >= 0.3 is 5.97 Å². The lowest BCUT2D eigenvalue weighted by molar-refractivity contribution is -0.137. The first kappa shape index (κ1) is 15.5. The van der Waals surface area contributed by atoms with Crippen molar-refractivity contribution in [2.24, 2.45) is 0 Å². The Morgan fingerprint density at radius 2 is 2.05 bits per heavy atom. The van der Waals surface area contributed by atoms with Gasteiger partial charge in [-0.25, -0.2) is 8.42 Å². The number of carbonyl (C=O) groups is 1. The summed E-state index contributed by atoms with van der Waals surface area (Å²) in [6, 6.07) is 3.21. The van der Waals surface area contributed by atoms with Crippen LogP contribution in [0.25, 0.3) is 0 Å². The highest BCUT2D eigenvalue weighted by Gasteiger charge is 2.35. The first-order valence-electron chi connectivity index (χ1n) is 6.77. The molecule has 20 heavy (non-hydrogen) atoms. The Hall–Kier alpha value is -0.920. The molecule has 0 bridgehead atoms. The molecule has 0 radical (unpaired) electrons. The summed E-state index contributed by atoms with van der Waals surface area (Å²) < 4.78 is 26.7. The van der Waals surface area contributed by atoms with E-state index in [1.54, 1.807) is 12.1 Å². The van der Waals surface area contributed by atoms with Crippen LogP contribution in [0.3, 0.4) is 0 Å². The van der Waals surface area contributed by atoms with E-state index in [9.17, 15) is 13.2 Å². The third-order valence-corrected chi connectivity index (χ3v) is 7.17. The minimum absolute atomic E-state index is 0.178. The predicted molar refractivity (Wildman–Crippen MR) is 77.5 cm³/mol. The van der Waals surface area contributed by atoms with E-state index in [-0.39, 0.29) is 10.3 Å². The molecular formula is C13H19NO4S2. The van der Waals surface area contributed by atoms with Crippen molar-refractivity contribution in [3.63, 3.8) is 0 Å². The van der Waals surface area contributed by atoms with Gasteiger partial charge in [-0.3, -0.25) is 4.79 Å². The molecule has 1 heterocycles. The molecule has 1 aromatic rings. The summed E-state index contributed by atoms with van der Waals surface area (Å²) >= 11 is 1.23. The normalized spacial score (nSPS) is 16.9. The molecule has 0 spiro atoms. The minimum Gasteiger partial charge on any atom is -0.480 e. The van der Waals surface area contributed by atoms with Crippen LogP contribution in [0.2, 0.25) is 0 Å². The second kappa shape index (κ2) is 6.24. The lowest BCUT2D eigenvalue weighted by atomic mass is 10.2. The fourth-order valence-corrected chi connectivity index (χ4v) is 5.60. The molecule has 1 fully saturated rings. The van der Waals surface area contributed by atoms with Gasteiger partial charge in [-0.05, 0) is 31.4 Å².